The highest BCUT2D eigenvalue weighted by Gasteiger charge is 2.20. The molecule has 2 amide bonds. The first kappa shape index (κ1) is 19.4. The van der Waals surface area contributed by atoms with Gasteiger partial charge in [0.2, 0.25) is 5.91 Å². The van der Waals surface area contributed by atoms with Gasteiger partial charge in [-0.05, 0) is 23.3 Å². The van der Waals surface area contributed by atoms with E-state index in [2.05, 4.69) is 5.32 Å². The summed E-state index contributed by atoms with van der Waals surface area (Å²) in [5.41, 5.74) is 3.19. The molecule has 4 nitrogen and oxygen atoms in total. The zero-order valence-electron chi connectivity index (χ0n) is 16.1. The molecule has 0 fully saturated rings. The third-order valence-electron chi connectivity index (χ3n) is 4.63. The van der Waals surface area contributed by atoms with Crippen molar-refractivity contribution in [2.24, 2.45) is 0 Å². The number of nitrogens with zero attached hydrogens (tertiary/aromatic N) is 1. The van der Waals surface area contributed by atoms with Gasteiger partial charge < -0.3 is 10.2 Å². The summed E-state index contributed by atoms with van der Waals surface area (Å²) < 4.78 is 0. The van der Waals surface area contributed by atoms with Crippen molar-refractivity contribution < 1.29 is 9.59 Å². The van der Waals surface area contributed by atoms with Crippen molar-refractivity contribution in [2.75, 3.05) is 19.4 Å². The molecule has 142 valence electrons. The van der Waals surface area contributed by atoms with E-state index in [0.717, 1.165) is 11.1 Å². The number of benzene rings is 3. The molecule has 0 radical (unpaired) electrons. The van der Waals surface area contributed by atoms with E-state index in [1.54, 1.807) is 32.3 Å². The van der Waals surface area contributed by atoms with E-state index in [1.165, 1.54) is 4.90 Å². The lowest BCUT2D eigenvalue weighted by Gasteiger charge is -2.19. The van der Waals surface area contributed by atoms with Crippen LogP contribution in [-0.2, 0) is 4.79 Å². The van der Waals surface area contributed by atoms with Crippen LogP contribution < -0.4 is 5.32 Å². The molecule has 0 atom stereocenters. The van der Waals surface area contributed by atoms with Gasteiger partial charge in [-0.2, -0.15) is 0 Å². The molecule has 0 saturated carbocycles. The maximum Gasteiger partial charge on any atom is 0.255 e. The summed E-state index contributed by atoms with van der Waals surface area (Å²) in [5, 5.41) is 2.93. The zero-order chi connectivity index (χ0) is 19.9. The topological polar surface area (TPSA) is 49.4 Å². The van der Waals surface area contributed by atoms with Gasteiger partial charge >= 0.3 is 0 Å². The number of para-hydroxylation sites is 1. The Morgan fingerprint density at radius 1 is 0.786 bits per heavy atom. The summed E-state index contributed by atoms with van der Waals surface area (Å²) in [7, 11) is 3.39. The highest BCUT2D eigenvalue weighted by molar-refractivity contribution is 6.03. The van der Waals surface area contributed by atoms with Gasteiger partial charge in [-0.15, -0.1) is 0 Å². The average Bonchev–Trinajstić information content (AvgIpc) is 2.73. The SMILES string of the molecule is CN(C)C(=O)c1ccccc1NC(=O)CC(c1ccccc1)c1ccccc1. The van der Waals surface area contributed by atoms with E-state index < -0.39 is 0 Å². The average molecular weight is 372 g/mol. The second-order valence-corrected chi connectivity index (χ2v) is 6.87. The molecule has 1 N–H and O–H groups in total. The first-order chi connectivity index (χ1) is 13.6. The number of anilines is 1. The molecule has 0 aromatic heterocycles. The molecule has 3 rings (SSSR count). The fourth-order valence-electron chi connectivity index (χ4n) is 3.20. The molecule has 0 unspecified atom stereocenters. The van der Waals surface area contributed by atoms with Gasteiger partial charge in [0.25, 0.3) is 5.91 Å². The Hall–Kier alpha value is -3.40. The summed E-state index contributed by atoms with van der Waals surface area (Å²) in [5.74, 6) is -0.325. The van der Waals surface area contributed by atoms with Crippen LogP contribution in [0, 0.1) is 0 Å². The number of carbonyl (C=O) groups excluding carboxylic acids is 2. The normalized spacial score (nSPS) is 10.5. The van der Waals surface area contributed by atoms with E-state index in [-0.39, 0.29) is 17.7 Å². The Morgan fingerprint density at radius 3 is 1.82 bits per heavy atom. The van der Waals surface area contributed by atoms with Gasteiger partial charge in [0, 0.05) is 26.4 Å². The number of amides is 2. The minimum atomic E-state index is -0.140. The lowest BCUT2D eigenvalue weighted by Crippen LogP contribution is -2.24. The highest BCUT2D eigenvalue weighted by atomic mass is 16.2. The summed E-state index contributed by atoms with van der Waals surface area (Å²) >= 11 is 0. The van der Waals surface area contributed by atoms with Gasteiger partial charge in [-0.3, -0.25) is 9.59 Å². The summed E-state index contributed by atoms with van der Waals surface area (Å²) in [4.78, 5) is 26.8. The van der Waals surface area contributed by atoms with Crippen LogP contribution in [0.25, 0.3) is 0 Å². The highest BCUT2D eigenvalue weighted by Crippen LogP contribution is 2.28. The van der Waals surface area contributed by atoms with Crippen LogP contribution in [-0.4, -0.2) is 30.8 Å². The predicted molar refractivity (Wildman–Crippen MR) is 112 cm³/mol. The predicted octanol–water partition coefficient (Wildman–Crippen LogP) is 4.55. The van der Waals surface area contributed by atoms with Crippen LogP contribution in [0.5, 0.6) is 0 Å². The van der Waals surface area contributed by atoms with Crippen molar-refractivity contribution in [2.45, 2.75) is 12.3 Å². The quantitative estimate of drug-likeness (QED) is 0.690. The van der Waals surface area contributed by atoms with Gasteiger partial charge in [-0.1, -0.05) is 72.8 Å². The van der Waals surface area contributed by atoms with Gasteiger partial charge in [-0.25, -0.2) is 0 Å². The second kappa shape index (κ2) is 9.00. The van der Waals surface area contributed by atoms with E-state index in [9.17, 15) is 9.59 Å². The van der Waals surface area contributed by atoms with Crippen molar-refractivity contribution >= 4 is 17.5 Å². The van der Waals surface area contributed by atoms with Crippen LogP contribution in [0.2, 0.25) is 0 Å². The number of hydrogen-bond donors (Lipinski definition) is 1. The van der Waals surface area contributed by atoms with E-state index in [4.69, 9.17) is 0 Å². The number of nitrogens with one attached hydrogen (secondary N) is 1. The fraction of sp³-hybridized carbons (Fsp3) is 0.167. The van der Waals surface area contributed by atoms with Crippen LogP contribution in [0.4, 0.5) is 5.69 Å². The molecule has 0 saturated heterocycles. The molecule has 0 aliphatic rings. The standard InChI is InChI=1S/C24H24N2O2/c1-26(2)24(28)20-15-9-10-16-22(20)25-23(27)17-21(18-11-5-3-6-12-18)19-13-7-4-8-14-19/h3-16,21H,17H2,1-2H3,(H,25,27). The van der Waals surface area contributed by atoms with Crippen molar-refractivity contribution in [3.05, 3.63) is 102 Å². The number of rotatable bonds is 6. The monoisotopic (exact) mass is 372 g/mol. The first-order valence-corrected chi connectivity index (χ1v) is 9.26. The molecule has 3 aromatic rings. The minimum absolute atomic E-state index is 0.0564. The van der Waals surface area contributed by atoms with Crippen LogP contribution in [0.15, 0.2) is 84.9 Å². The molecule has 0 heterocycles. The lowest BCUT2D eigenvalue weighted by molar-refractivity contribution is -0.116. The van der Waals surface area contributed by atoms with Gasteiger partial charge in [0.05, 0.1) is 11.3 Å². The molecule has 28 heavy (non-hydrogen) atoms. The van der Waals surface area contributed by atoms with Crippen LogP contribution >= 0.6 is 0 Å². The van der Waals surface area contributed by atoms with E-state index in [0.29, 0.717) is 17.7 Å². The Labute approximate surface area is 165 Å². The smallest absolute Gasteiger partial charge is 0.255 e. The third-order valence-corrected chi connectivity index (χ3v) is 4.63. The largest absolute Gasteiger partial charge is 0.345 e. The molecule has 4 heteroatoms. The summed E-state index contributed by atoms with van der Waals surface area (Å²) in [6, 6.07) is 27.1. The second-order valence-electron chi connectivity index (χ2n) is 6.87. The molecule has 0 spiro atoms. The molecular formula is C24H24N2O2. The summed E-state index contributed by atoms with van der Waals surface area (Å²) in [6.07, 6.45) is 0.290. The first-order valence-electron chi connectivity index (χ1n) is 9.26. The number of carbonyl (C=O) groups is 2. The Kier molecular flexibility index (Phi) is 6.22. The van der Waals surface area contributed by atoms with Crippen LogP contribution in [0.1, 0.15) is 33.8 Å². The maximum absolute atomic E-state index is 12.9. The molecule has 3 aromatic carbocycles. The maximum atomic E-state index is 12.9. The van der Waals surface area contributed by atoms with Crippen molar-refractivity contribution in [3.63, 3.8) is 0 Å². The molecule has 0 bridgehead atoms. The fourth-order valence-corrected chi connectivity index (χ4v) is 3.20. The molecule has 0 aliphatic heterocycles. The van der Waals surface area contributed by atoms with Crippen LogP contribution in [0.3, 0.4) is 0 Å². The Balaban J connectivity index is 1.84. The number of hydrogen-bond acceptors (Lipinski definition) is 2. The minimum Gasteiger partial charge on any atom is -0.345 e. The molecular weight excluding hydrogens is 348 g/mol. The van der Waals surface area contributed by atoms with Crippen molar-refractivity contribution in [1.29, 1.82) is 0 Å². The Morgan fingerprint density at radius 2 is 1.29 bits per heavy atom. The van der Waals surface area contributed by atoms with Gasteiger partial charge in [0.15, 0.2) is 0 Å². The summed E-state index contributed by atoms with van der Waals surface area (Å²) in [6.45, 7) is 0. The Bertz CT molecular complexity index is 898. The van der Waals surface area contributed by atoms with E-state index >= 15 is 0 Å². The lowest BCUT2D eigenvalue weighted by atomic mass is 9.88. The van der Waals surface area contributed by atoms with E-state index in [1.807, 2.05) is 66.7 Å². The third kappa shape index (κ3) is 4.65. The zero-order valence-corrected chi connectivity index (χ0v) is 16.1. The van der Waals surface area contributed by atoms with Crippen molar-refractivity contribution in [3.8, 4) is 0 Å². The van der Waals surface area contributed by atoms with Gasteiger partial charge in [0.1, 0.15) is 0 Å². The molecule has 0 aliphatic carbocycles. The van der Waals surface area contributed by atoms with Crippen molar-refractivity contribution in [1.82, 2.24) is 4.90 Å².